The highest BCUT2D eigenvalue weighted by Crippen LogP contribution is 2.28. The average molecular weight is 206 g/mol. The van der Waals surface area contributed by atoms with Crippen molar-refractivity contribution in [3.05, 3.63) is 34.4 Å². The van der Waals surface area contributed by atoms with Gasteiger partial charge < -0.3 is 14.3 Å². The molecular weight excluding hydrogens is 196 g/mol. The average Bonchev–Trinajstić information content (AvgIpc) is 2.15. The highest BCUT2D eigenvalue weighted by atomic mass is 16.5. The van der Waals surface area contributed by atoms with Crippen LogP contribution in [0.1, 0.15) is 5.76 Å². The topological polar surface area (TPSA) is 59.7 Å². The minimum absolute atomic E-state index is 0.127. The number of methoxy groups -OCH3 is 1. The number of benzene rings is 1. The van der Waals surface area contributed by atoms with Gasteiger partial charge in [-0.2, -0.15) is 0 Å². The summed E-state index contributed by atoms with van der Waals surface area (Å²) in [6.07, 6.45) is 0. The van der Waals surface area contributed by atoms with Crippen LogP contribution in [0.5, 0.6) is 11.5 Å². The summed E-state index contributed by atoms with van der Waals surface area (Å²) in [4.78, 5) is 11.5. The summed E-state index contributed by atoms with van der Waals surface area (Å²) >= 11 is 0. The number of fused-ring (bicyclic) bond motifs is 1. The first-order valence-electron chi connectivity index (χ1n) is 4.43. The summed E-state index contributed by atoms with van der Waals surface area (Å²) in [5.74, 6) is 0.878. The van der Waals surface area contributed by atoms with E-state index in [0.717, 1.165) is 0 Å². The number of phenolic OH excluding ortho intramolecular Hbond substituents is 1. The fourth-order valence-electron chi connectivity index (χ4n) is 1.52. The quantitative estimate of drug-likeness (QED) is 0.773. The van der Waals surface area contributed by atoms with Crippen LogP contribution < -0.4 is 10.4 Å². The van der Waals surface area contributed by atoms with Crippen LogP contribution >= 0.6 is 0 Å². The van der Waals surface area contributed by atoms with Crippen molar-refractivity contribution in [2.75, 3.05) is 7.11 Å². The molecule has 0 bridgehead atoms. The molecule has 1 aromatic carbocycles. The molecule has 0 aliphatic rings. The number of hydrogen-bond donors (Lipinski definition) is 1. The summed E-state index contributed by atoms with van der Waals surface area (Å²) in [5.41, 5.74) is -0.537. The Bertz CT molecular complexity index is 569. The molecular formula is C11H10O4. The molecule has 0 amide bonds. The third-order valence-corrected chi connectivity index (χ3v) is 2.17. The molecule has 15 heavy (non-hydrogen) atoms. The summed E-state index contributed by atoms with van der Waals surface area (Å²) < 4.78 is 9.88. The van der Waals surface area contributed by atoms with Gasteiger partial charge in [0.25, 0.3) is 0 Å². The number of aryl methyl sites for hydroxylation is 1. The van der Waals surface area contributed by atoms with E-state index in [4.69, 9.17) is 9.15 Å². The van der Waals surface area contributed by atoms with Crippen LogP contribution in [0.25, 0.3) is 10.8 Å². The SMILES string of the molecule is COc1cc(O)c2c(=O)oc(C)cc2c1. The number of hydrogen-bond acceptors (Lipinski definition) is 4. The number of aromatic hydroxyl groups is 1. The Morgan fingerprint density at radius 1 is 1.33 bits per heavy atom. The molecule has 4 heteroatoms. The predicted octanol–water partition coefficient (Wildman–Crippen LogP) is 1.82. The zero-order chi connectivity index (χ0) is 11.0. The zero-order valence-corrected chi connectivity index (χ0v) is 8.40. The first kappa shape index (κ1) is 9.58. The molecule has 1 N–H and O–H groups in total. The van der Waals surface area contributed by atoms with Gasteiger partial charge in [0, 0.05) is 6.07 Å². The van der Waals surface area contributed by atoms with Crippen LogP contribution in [0.3, 0.4) is 0 Å². The second kappa shape index (κ2) is 3.31. The van der Waals surface area contributed by atoms with Crippen molar-refractivity contribution in [2.45, 2.75) is 6.92 Å². The monoisotopic (exact) mass is 206 g/mol. The molecule has 0 saturated heterocycles. The lowest BCUT2D eigenvalue weighted by atomic mass is 10.1. The third kappa shape index (κ3) is 1.54. The molecule has 2 aromatic rings. The van der Waals surface area contributed by atoms with Gasteiger partial charge in [0.1, 0.15) is 22.6 Å². The van der Waals surface area contributed by atoms with E-state index < -0.39 is 5.63 Å². The van der Waals surface area contributed by atoms with Crippen molar-refractivity contribution >= 4 is 10.8 Å². The number of phenols is 1. The fraction of sp³-hybridized carbons (Fsp3) is 0.182. The van der Waals surface area contributed by atoms with Gasteiger partial charge in [0.05, 0.1) is 7.11 Å². The van der Waals surface area contributed by atoms with Crippen molar-refractivity contribution in [2.24, 2.45) is 0 Å². The molecule has 0 radical (unpaired) electrons. The van der Waals surface area contributed by atoms with Gasteiger partial charge in [0.15, 0.2) is 0 Å². The minimum Gasteiger partial charge on any atom is -0.507 e. The van der Waals surface area contributed by atoms with Crippen LogP contribution in [0.2, 0.25) is 0 Å². The van der Waals surface area contributed by atoms with Crippen molar-refractivity contribution in [1.29, 1.82) is 0 Å². The van der Waals surface area contributed by atoms with Gasteiger partial charge in [-0.3, -0.25) is 0 Å². The van der Waals surface area contributed by atoms with Gasteiger partial charge in [-0.05, 0) is 24.4 Å². The first-order valence-corrected chi connectivity index (χ1v) is 4.43. The lowest BCUT2D eigenvalue weighted by Gasteiger charge is -2.04. The number of ether oxygens (including phenoxy) is 1. The number of rotatable bonds is 1. The van der Waals surface area contributed by atoms with E-state index in [-0.39, 0.29) is 11.1 Å². The van der Waals surface area contributed by atoms with Gasteiger partial charge in [0.2, 0.25) is 0 Å². The fourth-order valence-corrected chi connectivity index (χ4v) is 1.52. The molecule has 0 unspecified atom stereocenters. The van der Waals surface area contributed by atoms with Crippen LogP contribution in [-0.4, -0.2) is 12.2 Å². The Labute approximate surface area is 85.7 Å². The molecule has 0 aliphatic heterocycles. The molecule has 1 heterocycles. The van der Waals surface area contributed by atoms with Crippen LogP contribution in [-0.2, 0) is 0 Å². The maximum absolute atomic E-state index is 11.5. The maximum atomic E-state index is 11.5. The lowest BCUT2D eigenvalue weighted by Crippen LogP contribution is -2.00. The largest absolute Gasteiger partial charge is 0.507 e. The molecule has 78 valence electrons. The first-order chi connectivity index (χ1) is 7.11. The summed E-state index contributed by atoms with van der Waals surface area (Å²) in [6, 6.07) is 4.74. The summed E-state index contributed by atoms with van der Waals surface area (Å²) in [5, 5.41) is 10.4. The zero-order valence-electron chi connectivity index (χ0n) is 8.40. The van der Waals surface area contributed by atoms with Crippen LogP contribution in [0, 0.1) is 6.92 Å². The minimum atomic E-state index is -0.537. The Kier molecular flexibility index (Phi) is 2.11. The van der Waals surface area contributed by atoms with Crippen molar-refractivity contribution < 1.29 is 14.3 Å². The Hall–Kier alpha value is -1.97. The highest BCUT2D eigenvalue weighted by molar-refractivity contribution is 5.88. The molecule has 2 rings (SSSR count). The second-order valence-corrected chi connectivity index (χ2v) is 3.26. The standard InChI is InChI=1S/C11H10O4/c1-6-3-7-4-8(14-2)5-9(12)10(7)11(13)15-6/h3-5,12H,1-2H3. The van der Waals surface area contributed by atoms with Gasteiger partial charge >= 0.3 is 5.63 Å². The van der Waals surface area contributed by atoms with Crippen molar-refractivity contribution in [1.82, 2.24) is 0 Å². The van der Waals surface area contributed by atoms with E-state index in [1.165, 1.54) is 13.2 Å². The van der Waals surface area contributed by atoms with E-state index in [1.54, 1.807) is 19.1 Å². The molecule has 4 nitrogen and oxygen atoms in total. The normalized spacial score (nSPS) is 10.5. The van der Waals surface area contributed by atoms with E-state index in [2.05, 4.69) is 0 Å². The van der Waals surface area contributed by atoms with Crippen molar-refractivity contribution in [3.63, 3.8) is 0 Å². The lowest BCUT2D eigenvalue weighted by molar-refractivity contribution is 0.408. The second-order valence-electron chi connectivity index (χ2n) is 3.26. The molecule has 0 atom stereocenters. The van der Waals surface area contributed by atoms with Gasteiger partial charge in [-0.25, -0.2) is 4.79 Å². The van der Waals surface area contributed by atoms with Crippen LogP contribution in [0.15, 0.2) is 27.4 Å². The Morgan fingerprint density at radius 3 is 2.73 bits per heavy atom. The van der Waals surface area contributed by atoms with Crippen LogP contribution in [0.4, 0.5) is 0 Å². The molecule has 0 spiro atoms. The molecule has 0 saturated carbocycles. The van der Waals surface area contributed by atoms with Gasteiger partial charge in [-0.1, -0.05) is 0 Å². The molecule has 0 fully saturated rings. The molecule has 0 aliphatic carbocycles. The van der Waals surface area contributed by atoms with E-state index in [0.29, 0.717) is 16.9 Å². The van der Waals surface area contributed by atoms with Crippen molar-refractivity contribution in [3.8, 4) is 11.5 Å². The Morgan fingerprint density at radius 2 is 2.07 bits per heavy atom. The van der Waals surface area contributed by atoms with E-state index in [9.17, 15) is 9.90 Å². The summed E-state index contributed by atoms with van der Waals surface area (Å²) in [6.45, 7) is 1.68. The predicted molar refractivity (Wildman–Crippen MR) is 55.4 cm³/mol. The smallest absolute Gasteiger partial charge is 0.347 e. The third-order valence-electron chi connectivity index (χ3n) is 2.17. The van der Waals surface area contributed by atoms with E-state index >= 15 is 0 Å². The molecule has 1 aromatic heterocycles. The maximum Gasteiger partial charge on any atom is 0.347 e. The van der Waals surface area contributed by atoms with Gasteiger partial charge in [-0.15, -0.1) is 0 Å². The Balaban J connectivity index is 2.91. The van der Waals surface area contributed by atoms with E-state index in [1.807, 2.05) is 0 Å². The highest BCUT2D eigenvalue weighted by Gasteiger charge is 2.09. The summed E-state index contributed by atoms with van der Waals surface area (Å²) in [7, 11) is 1.50.